The van der Waals surface area contributed by atoms with Crippen molar-refractivity contribution in [3.05, 3.63) is 34.4 Å². The van der Waals surface area contributed by atoms with Crippen LogP contribution >= 0.6 is 23.4 Å². The number of thioether (sulfide) groups is 1. The summed E-state index contributed by atoms with van der Waals surface area (Å²) in [7, 11) is 0. The zero-order valence-electron chi connectivity index (χ0n) is 10.2. The Morgan fingerprint density at radius 2 is 1.81 bits per heavy atom. The second-order valence-electron chi connectivity index (χ2n) is 4.89. The molecule has 1 aromatic carbocycles. The molecule has 88 valence electrons. The van der Waals surface area contributed by atoms with E-state index < -0.39 is 0 Å². The summed E-state index contributed by atoms with van der Waals surface area (Å²) in [5, 5.41) is 0.366. The van der Waals surface area contributed by atoms with Crippen molar-refractivity contribution >= 4 is 23.4 Å². The predicted octanol–water partition coefficient (Wildman–Crippen LogP) is 4.12. The average Bonchev–Trinajstić information content (AvgIpc) is 2.57. The van der Waals surface area contributed by atoms with Gasteiger partial charge in [-0.2, -0.15) is 11.8 Å². The minimum absolute atomic E-state index is 0.366. The molecule has 0 bridgehead atoms. The summed E-state index contributed by atoms with van der Waals surface area (Å²) in [6.07, 6.45) is 1.15. The van der Waals surface area contributed by atoms with Crippen LogP contribution in [0.4, 0.5) is 0 Å². The van der Waals surface area contributed by atoms with E-state index in [1.807, 2.05) is 11.8 Å². The van der Waals surface area contributed by atoms with Crippen molar-refractivity contribution < 1.29 is 0 Å². The highest BCUT2D eigenvalue weighted by Gasteiger charge is 2.26. The first-order valence-electron chi connectivity index (χ1n) is 5.86. The normalized spacial score (nSPS) is 25.0. The Kier molecular flexibility index (Phi) is 3.86. The largest absolute Gasteiger partial charge is 0.160 e. The summed E-state index contributed by atoms with van der Waals surface area (Å²) >= 11 is 8.34. The fourth-order valence-electron chi connectivity index (χ4n) is 2.55. The lowest BCUT2D eigenvalue weighted by Crippen LogP contribution is -2.16. The van der Waals surface area contributed by atoms with Crippen LogP contribution in [-0.4, -0.2) is 16.9 Å². The van der Waals surface area contributed by atoms with Crippen LogP contribution in [0.2, 0.25) is 0 Å². The molecule has 1 aliphatic rings. The van der Waals surface area contributed by atoms with Crippen molar-refractivity contribution in [3.63, 3.8) is 0 Å². The SMILES string of the molecule is Cc1cc(C)c(CC2CSCC2Cl)c(C)c1. The van der Waals surface area contributed by atoms with Gasteiger partial charge in [-0.15, -0.1) is 11.6 Å². The summed E-state index contributed by atoms with van der Waals surface area (Å²) < 4.78 is 0. The molecule has 1 fully saturated rings. The molecule has 2 heteroatoms. The summed E-state index contributed by atoms with van der Waals surface area (Å²) in [5.74, 6) is 3.00. The molecule has 0 nitrogen and oxygen atoms in total. The molecule has 2 unspecified atom stereocenters. The number of benzene rings is 1. The van der Waals surface area contributed by atoms with Gasteiger partial charge in [0, 0.05) is 11.1 Å². The van der Waals surface area contributed by atoms with Crippen molar-refractivity contribution in [2.75, 3.05) is 11.5 Å². The first-order chi connectivity index (χ1) is 7.58. The Morgan fingerprint density at radius 3 is 2.31 bits per heavy atom. The van der Waals surface area contributed by atoms with Gasteiger partial charge in [-0.1, -0.05) is 17.7 Å². The average molecular weight is 255 g/mol. The standard InChI is InChI=1S/C14H19ClS/c1-9-4-10(2)13(11(3)5-9)6-12-7-16-8-14(12)15/h4-5,12,14H,6-8H2,1-3H3. The molecule has 1 aromatic rings. The first kappa shape index (κ1) is 12.3. The molecule has 2 rings (SSSR count). The van der Waals surface area contributed by atoms with E-state index in [0.717, 1.165) is 12.2 Å². The van der Waals surface area contributed by atoms with Gasteiger partial charge in [0.05, 0.1) is 0 Å². The van der Waals surface area contributed by atoms with E-state index in [4.69, 9.17) is 11.6 Å². The molecule has 1 saturated heterocycles. The lowest BCUT2D eigenvalue weighted by Gasteiger charge is -2.17. The molecule has 0 aromatic heterocycles. The lowest BCUT2D eigenvalue weighted by atomic mass is 9.91. The van der Waals surface area contributed by atoms with Gasteiger partial charge in [-0.25, -0.2) is 0 Å². The van der Waals surface area contributed by atoms with Gasteiger partial charge >= 0.3 is 0 Å². The van der Waals surface area contributed by atoms with Crippen LogP contribution in [0.25, 0.3) is 0 Å². The van der Waals surface area contributed by atoms with E-state index in [1.165, 1.54) is 28.0 Å². The van der Waals surface area contributed by atoms with Crippen LogP contribution in [0.5, 0.6) is 0 Å². The lowest BCUT2D eigenvalue weighted by molar-refractivity contribution is 0.599. The number of hydrogen-bond donors (Lipinski definition) is 0. The van der Waals surface area contributed by atoms with Crippen LogP contribution in [-0.2, 0) is 6.42 Å². The molecular formula is C14H19ClS. The molecule has 1 heterocycles. The number of aryl methyl sites for hydroxylation is 3. The van der Waals surface area contributed by atoms with Gasteiger partial charge in [-0.05, 0) is 55.6 Å². The Morgan fingerprint density at radius 1 is 1.19 bits per heavy atom. The fourth-order valence-corrected chi connectivity index (χ4v) is 4.39. The Bertz CT molecular complexity index is 363. The van der Waals surface area contributed by atoms with Gasteiger partial charge in [0.15, 0.2) is 0 Å². The second kappa shape index (κ2) is 5.01. The third-order valence-electron chi connectivity index (χ3n) is 3.43. The third kappa shape index (κ3) is 2.57. The predicted molar refractivity (Wildman–Crippen MR) is 74.8 cm³/mol. The molecule has 0 N–H and O–H groups in total. The van der Waals surface area contributed by atoms with Crippen molar-refractivity contribution in [1.82, 2.24) is 0 Å². The molecule has 0 amide bonds. The molecular weight excluding hydrogens is 236 g/mol. The molecule has 1 aliphatic heterocycles. The highest BCUT2D eigenvalue weighted by molar-refractivity contribution is 7.99. The first-order valence-corrected chi connectivity index (χ1v) is 7.45. The van der Waals surface area contributed by atoms with Crippen LogP contribution in [0.15, 0.2) is 12.1 Å². The van der Waals surface area contributed by atoms with Gasteiger partial charge in [0.2, 0.25) is 0 Å². The van der Waals surface area contributed by atoms with Crippen molar-refractivity contribution in [3.8, 4) is 0 Å². The van der Waals surface area contributed by atoms with Crippen molar-refractivity contribution in [1.29, 1.82) is 0 Å². The van der Waals surface area contributed by atoms with E-state index in [9.17, 15) is 0 Å². The maximum Gasteiger partial charge on any atom is 0.0465 e. The smallest absolute Gasteiger partial charge is 0.0465 e. The summed E-state index contributed by atoms with van der Waals surface area (Å²) in [6, 6.07) is 4.57. The zero-order valence-corrected chi connectivity index (χ0v) is 11.8. The topological polar surface area (TPSA) is 0 Å². The highest BCUT2D eigenvalue weighted by atomic mass is 35.5. The van der Waals surface area contributed by atoms with Gasteiger partial charge in [-0.3, -0.25) is 0 Å². The maximum atomic E-state index is 6.34. The molecule has 2 atom stereocenters. The summed E-state index contributed by atoms with van der Waals surface area (Å²) in [5.41, 5.74) is 5.74. The molecule has 0 spiro atoms. The number of halogens is 1. The monoisotopic (exact) mass is 254 g/mol. The Labute approximate surface area is 108 Å². The highest BCUT2D eigenvalue weighted by Crippen LogP contribution is 2.32. The van der Waals surface area contributed by atoms with Crippen molar-refractivity contribution in [2.45, 2.75) is 32.6 Å². The summed E-state index contributed by atoms with van der Waals surface area (Å²) in [6.45, 7) is 6.61. The fraction of sp³-hybridized carbons (Fsp3) is 0.571. The minimum atomic E-state index is 0.366. The molecule has 16 heavy (non-hydrogen) atoms. The van der Waals surface area contributed by atoms with Crippen molar-refractivity contribution in [2.24, 2.45) is 5.92 Å². The van der Waals surface area contributed by atoms with E-state index in [2.05, 4.69) is 32.9 Å². The third-order valence-corrected chi connectivity index (χ3v) is 5.38. The Hall–Kier alpha value is -0.140. The molecule has 0 radical (unpaired) electrons. The number of hydrogen-bond acceptors (Lipinski definition) is 1. The van der Waals surface area contributed by atoms with E-state index in [1.54, 1.807) is 0 Å². The van der Waals surface area contributed by atoms with Gasteiger partial charge < -0.3 is 0 Å². The Balaban J connectivity index is 2.21. The summed E-state index contributed by atoms with van der Waals surface area (Å²) in [4.78, 5) is 0. The zero-order chi connectivity index (χ0) is 11.7. The maximum absolute atomic E-state index is 6.34. The van der Waals surface area contributed by atoms with E-state index in [-0.39, 0.29) is 0 Å². The molecule has 0 saturated carbocycles. The van der Waals surface area contributed by atoms with Crippen LogP contribution < -0.4 is 0 Å². The molecule has 0 aliphatic carbocycles. The van der Waals surface area contributed by atoms with Crippen LogP contribution in [0, 0.1) is 26.7 Å². The minimum Gasteiger partial charge on any atom is -0.160 e. The van der Waals surface area contributed by atoms with Gasteiger partial charge in [0.25, 0.3) is 0 Å². The van der Waals surface area contributed by atoms with E-state index in [0.29, 0.717) is 11.3 Å². The van der Waals surface area contributed by atoms with Gasteiger partial charge in [0.1, 0.15) is 0 Å². The number of rotatable bonds is 2. The number of alkyl halides is 1. The van der Waals surface area contributed by atoms with Crippen LogP contribution in [0.1, 0.15) is 22.3 Å². The second-order valence-corrected chi connectivity index (χ2v) is 6.53. The van der Waals surface area contributed by atoms with Crippen LogP contribution in [0.3, 0.4) is 0 Å². The van der Waals surface area contributed by atoms with E-state index >= 15 is 0 Å². The quantitative estimate of drug-likeness (QED) is 0.716.